The summed E-state index contributed by atoms with van der Waals surface area (Å²) in [4.78, 5) is 0.431. The van der Waals surface area contributed by atoms with Gasteiger partial charge in [0.15, 0.2) is 0 Å². The molecular formula is C15H21BrO. The van der Waals surface area contributed by atoms with Crippen LogP contribution >= 0.6 is 15.9 Å². The molecule has 1 aromatic carbocycles. The maximum atomic E-state index is 5.46. The molecule has 1 unspecified atom stereocenters. The first-order chi connectivity index (χ1) is 8.20. The van der Waals surface area contributed by atoms with E-state index in [2.05, 4.69) is 41.1 Å². The SMILES string of the molecule is COc1ccc(C)cc1C(Br)CC1CCCC1. The van der Waals surface area contributed by atoms with E-state index in [1.54, 1.807) is 7.11 Å². The van der Waals surface area contributed by atoms with Gasteiger partial charge in [0, 0.05) is 10.4 Å². The number of rotatable bonds is 4. The topological polar surface area (TPSA) is 9.23 Å². The van der Waals surface area contributed by atoms with Gasteiger partial charge in [-0.1, -0.05) is 59.3 Å². The van der Waals surface area contributed by atoms with Gasteiger partial charge in [0.25, 0.3) is 0 Å². The zero-order chi connectivity index (χ0) is 12.3. The third-order valence-corrected chi connectivity index (χ3v) is 4.60. The molecule has 1 fully saturated rings. The molecule has 1 aliphatic rings. The Morgan fingerprint density at radius 1 is 1.35 bits per heavy atom. The molecule has 0 saturated heterocycles. The minimum Gasteiger partial charge on any atom is -0.496 e. The Kier molecular flexibility index (Phi) is 4.49. The molecule has 0 heterocycles. The molecule has 2 heteroatoms. The summed E-state index contributed by atoms with van der Waals surface area (Å²) in [6.45, 7) is 2.14. The summed E-state index contributed by atoms with van der Waals surface area (Å²) in [5, 5.41) is 0. The van der Waals surface area contributed by atoms with E-state index < -0.39 is 0 Å². The third kappa shape index (κ3) is 3.25. The Bertz CT molecular complexity index is 369. The van der Waals surface area contributed by atoms with Gasteiger partial charge in [0.1, 0.15) is 5.75 Å². The number of benzene rings is 1. The van der Waals surface area contributed by atoms with E-state index in [1.807, 2.05) is 0 Å². The fraction of sp³-hybridized carbons (Fsp3) is 0.600. The van der Waals surface area contributed by atoms with Crippen molar-refractivity contribution >= 4 is 15.9 Å². The molecule has 0 amide bonds. The predicted molar refractivity (Wildman–Crippen MR) is 76.0 cm³/mol. The number of hydrogen-bond donors (Lipinski definition) is 0. The Hall–Kier alpha value is -0.500. The van der Waals surface area contributed by atoms with Gasteiger partial charge in [-0.15, -0.1) is 0 Å². The van der Waals surface area contributed by atoms with Gasteiger partial charge >= 0.3 is 0 Å². The number of methoxy groups -OCH3 is 1. The van der Waals surface area contributed by atoms with Crippen LogP contribution in [0.3, 0.4) is 0 Å². The van der Waals surface area contributed by atoms with Crippen LogP contribution in [0.15, 0.2) is 18.2 Å². The zero-order valence-corrected chi connectivity index (χ0v) is 12.3. The highest BCUT2D eigenvalue weighted by molar-refractivity contribution is 9.09. The van der Waals surface area contributed by atoms with Gasteiger partial charge in [-0.2, -0.15) is 0 Å². The van der Waals surface area contributed by atoms with Crippen molar-refractivity contribution in [3.63, 3.8) is 0 Å². The van der Waals surface area contributed by atoms with Crippen LogP contribution in [0, 0.1) is 12.8 Å². The van der Waals surface area contributed by atoms with Gasteiger partial charge in [-0.3, -0.25) is 0 Å². The van der Waals surface area contributed by atoms with Crippen molar-refractivity contribution in [2.75, 3.05) is 7.11 Å². The lowest BCUT2D eigenvalue weighted by atomic mass is 9.97. The summed E-state index contributed by atoms with van der Waals surface area (Å²) in [5.41, 5.74) is 2.61. The molecular weight excluding hydrogens is 276 g/mol. The van der Waals surface area contributed by atoms with Crippen molar-refractivity contribution < 1.29 is 4.74 Å². The second-order valence-electron chi connectivity index (χ2n) is 5.10. The van der Waals surface area contributed by atoms with Crippen LogP contribution in [0.1, 0.15) is 48.1 Å². The van der Waals surface area contributed by atoms with Gasteiger partial charge in [-0.05, 0) is 25.3 Å². The smallest absolute Gasteiger partial charge is 0.123 e. The average molecular weight is 297 g/mol. The normalized spacial score (nSPS) is 18.3. The summed E-state index contributed by atoms with van der Waals surface area (Å²) >= 11 is 3.84. The van der Waals surface area contributed by atoms with Crippen LogP contribution in [0.25, 0.3) is 0 Å². The second-order valence-corrected chi connectivity index (χ2v) is 6.20. The van der Waals surface area contributed by atoms with Crippen LogP contribution < -0.4 is 4.74 Å². The highest BCUT2D eigenvalue weighted by Crippen LogP contribution is 2.40. The van der Waals surface area contributed by atoms with Crippen LogP contribution in [-0.4, -0.2) is 7.11 Å². The standard InChI is InChI=1S/C15H21BrO/c1-11-7-8-15(17-2)13(9-11)14(16)10-12-5-3-4-6-12/h7-9,12,14H,3-6,10H2,1-2H3. The molecule has 0 radical (unpaired) electrons. The van der Waals surface area contributed by atoms with Crippen molar-refractivity contribution in [1.82, 2.24) is 0 Å². The fourth-order valence-electron chi connectivity index (χ4n) is 2.76. The summed E-state index contributed by atoms with van der Waals surface area (Å²) < 4.78 is 5.46. The Labute approximate surface area is 113 Å². The first-order valence-corrected chi connectivity index (χ1v) is 7.41. The van der Waals surface area contributed by atoms with Crippen molar-refractivity contribution in [1.29, 1.82) is 0 Å². The molecule has 0 N–H and O–H groups in total. The predicted octanol–water partition coefficient (Wildman–Crippen LogP) is 5.02. The zero-order valence-electron chi connectivity index (χ0n) is 10.7. The van der Waals surface area contributed by atoms with E-state index in [0.29, 0.717) is 4.83 Å². The number of halogens is 1. The molecule has 2 rings (SSSR count). The molecule has 0 bridgehead atoms. The Morgan fingerprint density at radius 3 is 2.71 bits per heavy atom. The maximum absolute atomic E-state index is 5.46. The number of alkyl halides is 1. The van der Waals surface area contributed by atoms with Crippen molar-refractivity contribution in [2.24, 2.45) is 5.92 Å². The molecule has 1 atom stereocenters. The maximum Gasteiger partial charge on any atom is 0.123 e. The molecule has 0 aliphatic heterocycles. The van der Waals surface area contributed by atoms with Gasteiger partial charge in [0.2, 0.25) is 0 Å². The fourth-order valence-corrected chi connectivity index (χ4v) is 3.65. The lowest BCUT2D eigenvalue weighted by Crippen LogP contribution is -2.01. The number of ether oxygens (including phenoxy) is 1. The largest absolute Gasteiger partial charge is 0.496 e. The molecule has 1 saturated carbocycles. The summed E-state index contributed by atoms with van der Waals surface area (Å²) in [5.74, 6) is 1.90. The second kappa shape index (κ2) is 5.90. The minimum atomic E-state index is 0.431. The molecule has 1 aromatic rings. The first kappa shape index (κ1) is 12.9. The summed E-state index contributed by atoms with van der Waals surface area (Å²) in [6, 6.07) is 6.43. The number of hydrogen-bond acceptors (Lipinski definition) is 1. The average Bonchev–Trinajstić information content (AvgIpc) is 2.81. The van der Waals surface area contributed by atoms with Gasteiger partial charge in [0.05, 0.1) is 7.11 Å². The van der Waals surface area contributed by atoms with Crippen molar-refractivity contribution in [3.8, 4) is 5.75 Å². The molecule has 0 aromatic heterocycles. The van der Waals surface area contributed by atoms with E-state index in [1.165, 1.54) is 43.2 Å². The van der Waals surface area contributed by atoms with Crippen LogP contribution in [0.5, 0.6) is 5.75 Å². The Morgan fingerprint density at radius 2 is 2.06 bits per heavy atom. The van der Waals surface area contributed by atoms with Crippen molar-refractivity contribution in [3.05, 3.63) is 29.3 Å². The Balaban J connectivity index is 2.11. The van der Waals surface area contributed by atoms with Crippen LogP contribution in [0.4, 0.5) is 0 Å². The highest BCUT2D eigenvalue weighted by atomic mass is 79.9. The van der Waals surface area contributed by atoms with E-state index in [9.17, 15) is 0 Å². The monoisotopic (exact) mass is 296 g/mol. The lowest BCUT2D eigenvalue weighted by molar-refractivity contribution is 0.405. The number of aryl methyl sites for hydroxylation is 1. The van der Waals surface area contributed by atoms with E-state index in [4.69, 9.17) is 4.74 Å². The minimum absolute atomic E-state index is 0.431. The molecule has 0 spiro atoms. The van der Waals surface area contributed by atoms with Crippen LogP contribution in [0.2, 0.25) is 0 Å². The lowest BCUT2D eigenvalue weighted by Gasteiger charge is -2.18. The van der Waals surface area contributed by atoms with E-state index in [-0.39, 0.29) is 0 Å². The first-order valence-electron chi connectivity index (χ1n) is 6.49. The summed E-state index contributed by atoms with van der Waals surface area (Å²) in [6.07, 6.45) is 6.86. The summed E-state index contributed by atoms with van der Waals surface area (Å²) in [7, 11) is 1.75. The van der Waals surface area contributed by atoms with Gasteiger partial charge in [-0.25, -0.2) is 0 Å². The van der Waals surface area contributed by atoms with E-state index in [0.717, 1.165) is 11.7 Å². The highest BCUT2D eigenvalue weighted by Gasteiger charge is 2.21. The van der Waals surface area contributed by atoms with Crippen molar-refractivity contribution in [2.45, 2.75) is 43.9 Å². The quantitative estimate of drug-likeness (QED) is 0.709. The third-order valence-electron chi connectivity index (χ3n) is 3.74. The van der Waals surface area contributed by atoms with Crippen LogP contribution in [-0.2, 0) is 0 Å². The van der Waals surface area contributed by atoms with Gasteiger partial charge < -0.3 is 4.74 Å². The van der Waals surface area contributed by atoms with E-state index >= 15 is 0 Å². The molecule has 94 valence electrons. The molecule has 17 heavy (non-hydrogen) atoms. The molecule has 1 aliphatic carbocycles. The molecule has 1 nitrogen and oxygen atoms in total.